The van der Waals surface area contributed by atoms with Crippen molar-refractivity contribution in [3.05, 3.63) is 108 Å². The number of nitrogens with one attached hydrogen (secondary N) is 3. The molecule has 0 heterocycles. The fourth-order valence-corrected chi connectivity index (χ4v) is 3.93. The summed E-state index contributed by atoms with van der Waals surface area (Å²) < 4.78 is 5.35. The third-order valence-electron chi connectivity index (χ3n) is 6.14. The molecule has 0 aliphatic rings. The van der Waals surface area contributed by atoms with Gasteiger partial charge in [0.15, 0.2) is 0 Å². The average molecular weight is 502 g/mol. The van der Waals surface area contributed by atoms with E-state index in [0.717, 1.165) is 11.1 Å². The minimum absolute atomic E-state index is 0.142. The topological polar surface area (TPSA) is 96.5 Å². The van der Waals surface area contributed by atoms with E-state index in [1.54, 1.807) is 24.3 Å². The van der Waals surface area contributed by atoms with Crippen molar-refractivity contribution in [2.75, 3.05) is 0 Å². The zero-order valence-electron chi connectivity index (χ0n) is 21.6. The van der Waals surface area contributed by atoms with Crippen LogP contribution in [-0.2, 0) is 21.7 Å². The molecule has 3 N–H and O–H groups in total. The Morgan fingerprint density at radius 1 is 0.811 bits per heavy atom. The number of rotatable bonds is 11. The Hall–Kier alpha value is -4.13. The second-order valence-corrected chi connectivity index (χ2v) is 9.42. The zero-order valence-corrected chi connectivity index (χ0v) is 21.6. The van der Waals surface area contributed by atoms with Gasteiger partial charge in [0.25, 0.3) is 5.91 Å². The molecule has 2 atom stereocenters. The van der Waals surface area contributed by atoms with E-state index in [4.69, 9.17) is 4.74 Å². The molecular formula is C30H35N3O4. The molecule has 0 spiro atoms. The Labute approximate surface area is 218 Å². The first-order valence-corrected chi connectivity index (χ1v) is 12.5. The van der Waals surface area contributed by atoms with E-state index >= 15 is 0 Å². The summed E-state index contributed by atoms with van der Waals surface area (Å²) in [6.45, 7) is 5.87. The maximum absolute atomic E-state index is 13.5. The van der Waals surface area contributed by atoms with Gasteiger partial charge in [0.05, 0.1) is 5.54 Å². The van der Waals surface area contributed by atoms with Gasteiger partial charge in [-0.2, -0.15) is 0 Å². The molecule has 3 aromatic rings. The van der Waals surface area contributed by atoms with Crippen molar-refractivity contribution in [3.8, 4) is 0 Å². The molecule has 3 amide bonds. The molecule has 7 heteroatoms. The molecule has 194 valence electrons. The van der Waals surface area contributed by atoms with E-state index in [0.29, 0.717) is 12.0 Å². The summed E-state index contributed by atoms with van der Waals surface area (Å²) in [5.74, 6) is -0.698. The lowest BCUT2D eigenvalue weighted by molar-refractivity contribution is -0.125. The average Bonchev–Trinajstić information content (AvgIpc) is 2.92. The van der Waals surface area contributed by atoms with Gasteiger partial charge in [-0.05, 0) is 49.9 Å². The molecule has 0 fully saturated rings. The number of ether oxygens (including phenoxy) is 1. The molecule has 0 unspecified atom stereocenters. The summed E-state index contributed by atoms with van der Waals surface area (Å²) in [6, 6.07) is 26.5. The molecule has 0 radical (unpaired) electrons. The van der Waals surface area contributed by atoms with E-state index in [2.05, 4.69) is 16.0 Å². The third-order valence-corrected chi connectivity index (χ3v) is 6.14. The number of alkyl carbamates (subject to hydrolysis) is 1. The Kier molecular flexibility index (Phi) is 9.84. The van der Waals surface area contributed by atoms with Gasteiger partial charge in [-0.25, -0.2) is 4.79 Å². The fourth-order valence-electron chi connectivity index (χ4n) is 3.93. The summed E-state index contributed by atoms with van der Waals surface area (Å²) in [6.07, 6.45) is 0.175. The van der Waals surface area contributed by atoms with Gasteiger partial charge in [0, 0.05) is 11.6 Å². The molecule has 0 aliphatic carbocycles. The largest absolute Gasteiger partial charge is 0.445 e. The molecule has 0 bridgehead atoms. The lowest BCUT2D eigenvalue weighted by Crippen LogP contribution is -2.54. The van der Waals surface area contributed by atoms with Crippen LogP contribution in [0.1, 0.15) is 55.1 Å². The van der Waals surface area contributed by atoms with Crippen molar-refractivity contribution in [3.63, 3.8) is 0 Å². The summed E-state index contributed by atoms with van der Waals surface area (Å²) in [7, 11) is 0. The second kappa shape index (κ2) is 13.3. The van der Waals surface area contributed by atoms with E-state index in [9.17, 15) is 14.4 Å². The van der Waals surface area contributed by atoms with Crippen LogP contribution in [0, 0.1) is 0 Å². The Bertz CT molecular complexity index is 1150. The van der Waals surface area contributed by atoms with E-state index in [1.807, 2.05) is 87.5 Å². The van der Waals surface area contributed by atoms with Crippen molar-refractivity contribution in [1.29, 1.82) is 0 Å². The van der Waals surface area contributed by atoms with Crippen molar-refractivity contribution in [2.24, 2.45) is 0 Å². The normalized spacial score (nSPS) is 12.6. The van der Waals surface area contributed by atoms with Crippen LogP contribution >= 0.6 is 0 Å². The van der Waals surface area contributed by atoms with Crippen molar-refractivity contribution >= 4 is 17.9 Å². The van der Waals surface area contributed by atoms with Crippen LogP contribution in [0.3, 0.4) is 0 Å². The highest BCUT2D eigenvalue weighted by molar-refractivity contribution is 5.97. The van der Waals surface area contributed by atoms with Crippen LogP contribution in [0.15, 0.2) is 91.0 Å². The Balaban J connectivity index is 1.70. The second-order valence-electron chi connectivity index (χ2n) is 9.42. The quantitative estimate of drug-likeness (QED) is 0.347. The number of carbonyl (C=O) groups excluding carboxylic acids is 3. The predicted molar refractivity (Wildman–Crippen MR) is 144 cm³/mol. The van der Waals surface area contributed by atoms with Crippen LogP contribution in [0.2, 0.25) is 0 Å². The number of benzene rings is 3. The van der Waals surface area contributed by atoms with Gasteiger partial charge in [-0.3, -0.25) is 9.59 Å². The standard InChI is InChI=1S/C30H35N3O4/c1-4-25(31-29(36)37-21-22-14-8-5-9-15-22)20-26(32-27(34)23-16-10-6-11-17-23)28(35)33-30(2,3)24-18-12-7-13-19-24/h5-19,25-26H,4,20-21H2,1-3H3,(H,31,36)(H,32,34)(H,33,35)/t25-,26-/m0/s1. The monoisotopic (exact) mass is 501 g/mol. The molecule has 0 saturated carbocycles. The maximum atomic E-state index is 13.5. The van der Waals surface area contributed by atoms with Gasteiger partial charge in [-0.1, -0.05) is 85.8 Å². The summed E-state index contributed by atoms with van der Waals surface area (Å²) in [5, 5.41) is 8.76. The van der Waals surface area contributed by atoms with E-state index < -0.39 is 23.7 Å². The SMILES string of the molecule is CC[C@@H](C[C@H](NC(=O)c1ccccc1)C(=O)NC(C)(C)c1ccccc1)NC(=O)OCc1ccccc1. The highest BCUT2D eigenvalue weighted by Crippen LogP contribution is 2.20. The lowest BCUT2D eigenvalue weighted by Gasteiger charge is -2.31. The first-order chi connectivity index (χ1) is 17.8. The third kappa shape index (κ3) is 8.49. The number of hydrogen-bond acceptors (Lipinski definition) is 4. The van der Waals surface area contributed by atoms with Crippen LogP contribution < -0.4 is 16.0 Å². The van der Waals surface area contributed by atoms with Gasteiger partial charge >= 0.3 is 6.09 Å². The lowest BCUT2D eigenvalue weighted by atomic mass is 9.93. The molecule has 7 nitrogen and oxygen atoms in total. The zero-order chi connectivity index (χ0) is 26.7. The first-order valence-electron chi connectivity index (χ1n) is 12.5. The predicted octanol–water partition coefficient (Wildman–Crippen LogP) is 4.93. The Morgan fingerprint density at radius 3 is 1.97 bits per heavy atom. The summed E-state index contributed by atoms with van der Waals surface area (Å²) >= 11 is 0. The molecular weight excluding hydrogens is 466 g/mol. The molecule has 0 saturated heterocycles. The van der Waals surface area contributed by atoms with E-state index in [-0.39, 0.29) is 24.8 Å². The van der Waals surface area contributed by atoms with Crippen molar-refractivity contribution in [1.82, 2.24) is 16.0 Å². The number of hydrogen-bond donors (Lipinski definition) is 3. The fraction of sp³-hybridized carbons (Fsp3) is 0.300. The summed E-state index contributed by atoms with van der Waals surface area (Å²) in [4.78, 5) is 38.9. The van der Waals surface area contributed by atoms with Crippen molar-refractivity contribution in [2.45, 2.75) is 57.8 Å². The molecule has 3 rings (SSSR count). The maximum Gasteiger partial charge on any atom is 0.407 e. The highest BCUT2D eigenvalue weighted by atomic mass is 16.5. The van der Waals surface area contributed by atoms with Gasteiger partial charge in [-0.15, -0.1) is 0 Å². The highest BCUT2D eigenvalue weighted by Gasteiger charge is 2.30. The molecule has 0 aliphatic heterocycles. The van der Waals surface area contributed by atoms with Crippen LogP contribution in [0.4, 0.5) is 4.79 Å². The smallest absolute Gasteiger partial charge is 0.407 e. The van der Waals surface area contributed by atoms with Gasteiger partial charge in [0.2, 0.25) is 5.91 Å². The van der Waals surface area contributed by atoms with Gasteiger partial charge < -0.3 is 20.7 Å². The van der Waals surface area contributed by atoms with E-state index in [1.165, 1.54) is 0 Å². The molecule has 0 aromatic heterocycles. The van der Waals surface area contributed by atoms with Crippen molar-refractivity contribution < 1.29 is 19.1 Å². The number of amides is 3. The first kappa shape index (κ1) is 27.5. The number of carbonyl (C=O) groups is 3. The van der Waals surface area contributed by atoms with Crippen LogP contribution in [0.25, 0.3) is 0 Å². The molecule has 37 heavy (non-hydrogen) atoms. The minimum atomic E-state index is -0.880. The van der Waals surface area contributed by atoms with Crippen LogP contribution in [-0.4, -0.2) is 30.0 Å². The minimum Gasteiger partial charge on any atom is -0.445 e. The van der Waals surface area contributed by atoms with Gasteiger partial charge in [0.1, 0.15) is 12.6 Å². The molecule has 3 aromatic carbocycles. The summed E-state index contributed by atoms with van der Waals surface area (Å²) in [5.41, 5.74) is 1.59. The van der Waals surface area contributed by atoms with Crippen LogP contribution in [0.5, 0.6) is 0 Å². The Morgan fingerprint density at radius 2 is 1.38 bits per heavy atom.